The van der Waals surface area contributed by atoms with Crippen LogP contribution in [0.25, 0.3) is 0 Å². The van der Waals surface area contributed by atoms with Crippen LogP contribution in [0.2, 0.25) is 0 Å². The quantitative estimate of drug-likeness (QED) is 0.512. The third-order valence-electron chi connectivity index (χ3n) is 1.38. The van der Waals surface area contributed by atoms with E-state index in [1.807, 2.05) is 0 Å². The molecular weight excluding hydrogens is 112 g/mol. The van der Waals surface area contributed by atoms with E-state index in [0.29, 0.717) is 5.92 Å². The molecule has 1 saturated carbocycles. The molecule has 1 N–H and O–H groups in total. The van der Waals surface area contributed by atoms with Crippen LogP contribution in [0.3, 0.4) is 0 Å². The van der Waals surface area contributed by atoms with Crippen LogP contribution in [0.15, 0.2) is 0 Å². The molecule has 0 aromatic rings. The maximum Gasteiger partial charge on any atom is 0.0554 e. The Labute approximate surface area is 48.3 Å². The molecule has 1 nitrogen and oxygen atoms in total. The van der Waals surface area contributed by atoms with E-state index in [2.05, 4.69) is 0 Å². The molecule has 0 radical (unpaired) electrons. The van der Waals surface area contributed by atoms with E-state index in [-0.39, 0.29) is 11.5 Å². The molecule has 0 bridgehead atoms. The van der Waals surface area contributed by atoms with Gasteiger partial charge in [0.1, 0.15) is 0 Å². The third kappa shape index (κ3) is 1.07. The van der Waals surface area contributed by atoms with Gasteiger partial charge in [0.15, 0.2) is 0 Å². The van der Waals surface area contributed by atoms with E-state index in [1.54, 1.807) is 6.92 Å². The van der Waals surface area contributed by atoms with Crippen LogP contribution in [0, 0.1) is 5.92 Å². The van der Waals surface area contributed by atoms with Crippen molar-refractivity contribution in [3.63, 3.8) is 0 Å². The van der Waals surface area contributed by atoms with Gasteiger partial charge in [-0.15, -0.1) is 11.6 Å². The van der Waals surface area contributed by atoms with Crippen molar-refractivity contribution in [1.82, 2.24) is 0 Å². The Morgan fingerprint density at radius 2 is 2.29 bits per heavy atom. The minimum absolute atomic E-state index is 0.192. The lowest BCUT2D eigenvalue weighted by Crippen LogP contribution is -2.03. The van der Waals surface area contributed by atoms with Crippen molar-refractivity contribution in [3.05, 3.63) is 0 Å². The molecule has 0 aromatic carbocycles. The van der Waals surface area contributed by atoms with Gasteiger partial charge in [0.05, 0.1) is 6.10 Å². The molecule has 1 fully saturated rings. The van der Waals surface area contributed by atoms with Gasteiger partial charge in [0, 0.05) is 11.3 Å². The second kappa shape index (κ2) is 1.64. The zero-order chi connectivity index (χ0) is 5.44. The zero-order valence-corrected chi connectivity index (χ0v) is 5.02. The summed E-state index contributed by atoms with van der Waals surface area (Å²) in [7, 11) is 0. The molecule has 0 aliphatic heterocycles. The second-order valence-electron chi connectivity index (χ2n) is 2.16. The third-order valence-corrected chi connectivity index (χ3v) is 1.88. The maximum atomic E-state index is 8.78. The van der Waals surface area contributed by atoms with E-state index in [9.17, 15) is 0 Å². The summed E-state index contributed by atoms with van der Waals surface area (Å²) in [6.07, 6.45) is 0.807. The molecule has 3 atom stereocenters. The highest BCUT2D eigenvalue weighted by Crippen LogP contribution is 2.38. The average molecular weight is 121 g/mol. The van der Waals surface area contributed by atoms with Gasteiger partial charge in [-0.1, -0.05) is 0 Å². The largest absolute Gasteiger partial charge is 0.393 e. The lowest BCUT2D eigenvalue weighted by molar-refractivity contribution is 0.172. The van der Waals surface area contributed by atoms with Crippen molar-refractivity contribution in [3.8, 4) is 0 Å². The van der Waals surface area contributed by atoms with Gasteiger partial charge in [-0.05, 0) is 13.3 Å². The summed E-state index contributed by atoms with van der Waals surface area (Å²) < 4.78 is 0. The highest BCUT2D eigenvalue weighted by molar-refractivity contribution is 6.22. The highest BCUT2D eigenvalue weighted by atomic mass is 35.5. The first kappa shape index (κ1) is 5.39. The topological polar surface area (TPSA) is 20.2 Å². The summed E-state index contributed by atoms with van der Waals surface area (Å²) in [5.74, 6) is 0.390. The molecule has 1 rings (SSSR count). The molecule has 1 aliphatic rings. The van der Waals surface area contributed by atoms with Gasteiger partial charge in [-0.2, -0.15) is 0 Å². The lowest BCUT2D eigenvalue weighted by Gasteiger charge is -1.95. The average Bonchev–Trinajstić information content (AvgIpc) is 2.17. The van der Waals surface area contributed by atoms with Crippen LogP contribution in [0.5, 0.6) is 0 Å². The first-order chi connectivity index (χ1) is 3.22. The Kier molecular flexibility index (Phi) is 1.26. The van der Waals surface area contributed by atoms with Gasteiger partial charge >= 0.3 is 0 Å². The molecular formula is C5H9ClO. The predicted octanol–water partition coefficient (Wildman–Crippen LogP) is 0.994. The fourth-order valence-electron chi connectivity index (χ4n) is 0.681. The summed E-state index contributed by atoms with van der Waals surface area (Å²) in [4.78, 5) is 0. The Bertz CT molecular complexity index is 72.5. The summed E-state index contributed by atoms with van der Waals surface area (Å²) in [5, 5.41) is 9.04. The van der Waals surface area contributed by atoms with E-state index >= 15 is 0 Å². The van der Waals surface area contributed by atoms with E-state index in [4.69, 9.17) is 16.7 Å². The Morgan fingerprint density at radius 3 is 2.29 bits per heavy atom. The Hall–Kier alpha value is 0.250. The summed E-state index contributed by atoms with van der Waals surface area (Å²) in [6.45, 7) is 1.78. The van der Waals surface area contributed by atoms with Gasteiger partial charge in [-0.25, -0.2) is 0 Å². The van der Waals surface area contributed by atoms with Gasteiger partial charge in [-0.3, -0.25) is 0 Å². The standard InChI is InChI=1S/C5H9ClO/c1-3(7)4-2-5(4)6/h3-5,7H,2H2,1H3/t3-,4?,5?/m0/s1. The molecule has 0 spiro atoms. The number of rotatable bonds is 1. The molecule has 42 valence electrons. The normalized spacial score (nSPS) is 43.3. The Balaban J connectivity index is 2.20. The maximum absolute atomic E-state index is 8.78. The SMILES string of the molecule is C[C@H](O)C1CC1Cl. The van der Waals surface area contributed by atoms with E-state index < -0.39 is 0 Å². The van der Waals surface area contributed by atoms with Crippen LogP contribution in [0.4, 0.5) is 0 Å². The van der Waals surface area contributed by atoms with Crippen molar-refractivity contribution in [1.29, 1.82) is 0 Å². The van der Waals surface area contributed by atoms with Gasteiger partial charge in [0.25, 0.3) is 0 Å². The lowest BCUT2D eigenvalue weighted by atomic mass is 10.3. The molecule has 2 unspecified atom stereocenters. The summed E-state index contributed by atoms with van der Waals surface area (Å²) in [5.41, 5.74) is 0. The van der Waals surface area contributed by atoms with Crippen LogP contribution in [-0.2, 0) is 0 Å². The number of hydrogen-bond donors (Lipinski definition) is 1. The smallest absolute Gasteiger partial charge is 0.0554 e. The van der Waals surface area contributed by atoms with Crippen LogP contribution >= 0.6 is 11.6 Å². The van der Waals surface area contributed by atoms with Crippen LogP contribution in [0.1, 0.15) is 13.3 Å². The number of hydrogen-bond acceptors (Lipinski definition) is 1. The number of aliphatic hydroxyl groups is 1. The van der Waals surface area contributed by atoms with E-state index in [0.717, 1.165) is 6.42 Å². The zero-order valence-electron chi connectivity index (χ0n) is 4.26. The van der Waals surface area contributed by atoms with Crippen LogP contribution < -0.4 is 0 Å². The molecule has 0 aromatic heterocycles. The molecule has 0 saturated heterocycles. The molecule has 7 heavy (non-hydrogen) atoms. The minimum atomic E-state index is -0.192. The molecule has 1 aliphatic carbocycles. The van der Waals surface area contributed by atoms with Crippen molar-refractivity contribution in [2.75, 3.05) is 0 Å². The monoisotopic (exact) mass is 120 g/mol. The molecule has 2 heteroatoms. The second-order valence-corrected chi connectivity index (χ2v) is 2.72. The first-order valence-electron chi connectivity index (χ1n) is 2.54. The molecule has 0 heterocycles. The Morgan fingerprint density at radius 1 is 1.86 bits per heavy atom. The van der Waals surface area contributed by atoms with Crippen LogP contribution in [-0.4, -0.2) is 16.6 Å². The summed E-state index contributed by atoms with van der Waals surface area (Å²) in [6, 6.07) is 0. The van der Waals surface area contributed by atoms with Crippen molar-refractivity contribution >= 4 is 11.6 Å². The van der Waals surface area contributed by atoms with Crippen molar-refractivity contribution in [2.24, 2.45) is 5.92 Å². The van der Waals surface area contributed by atoms with Gasteiger partial charge < -0.3 is 5.11 Å². The fourth-order valence-corrected chi connectivity index (χ4v) is 1.10. The predicted molar refractivity (Wildman–Crippen MR) is 29.4 cm³/mol. The summed E-state index contributed by atoms with van der Waals surface area (Å²) >= 11 is 5.59. The number of aliphatic hydroxyl groups excluding tert-OH is 1. The minimum Gasteiger partial charge on any atom is -0.393 e. The number of halogens is 1. The first-order valence-corrected chi connectivity index (χ1v) is 2.97. The van der Waals surface area contributed by atoms with Crippen molar-refractivity contribution in [2.45, 2.75) is 24.8 Å². The van der Waals surface area contributed by atoms with E-state index in [1.165, 1.54) is 0 Å². The van der Waals surface area contributed by atoms with Gasteiger partial charge in [0.2, 0.25) is 0 Å². The highest BCUT2D eigenvalue weighted by Gasteiger charge is 2.38. The molecule has 0 amide bonds. The number of alkyl halides is 1. The van der Waals surface area contributed by atoms with Crippen molar-refractivity contribution < 1.29 is 5.11 Å². The fraction of sp³-hybridized carbons (Fsp3) is 1.00.